The first kappa shape index (κ1) is 22.2. The van der Waals surface area contributed by atoms with Crippen molar-refractivity contribution in [1.29, 1.82) is 0 Å². The topological polar surface area (TPSA) is 68.7 Å². The third-order valence-corrected chi connectivity index (χ3v) is 5.44. The molecule has 0 amide bonds. The zero-order chi connectivity index (χ0) is 21.4. The van der Waals surface area contributed by atoms with Crippen LogP contribution in [-0.4, -0.2) is 29.0 Å². The zero-order valence-electron chi connectivity index (χ0n) is 17.7. The lowest BCUT2D eigenvalue weighted by Crippen LogP contribution is -2.44. The molecule has 3 rings (SSSR count). The Morgan fingerprint density at radius 2 is 2.00 bits per heavy atom. The van der Waals surface area contributed by atoms with Gasteiger partial charge in [-0.25, -0.2) is 0 Å². The lowest BCUT2D eigenvalue weighted by Gasteiger charge is -2.43. The van der Waals surface area contributed by atoms with Gasteiger partial charge in [0.25, 0.3) is 0 Å². The molecule has 1 aromatic carbocycles. The standard InChI is InChI=1S/C25H31NO4/c1-25(2,16-19-10-5-3-6-11-19)24-29-18-21(12-7-4-8-14-22(27)28)23(30-24)20-13-9-15-26-17-20/h3-7,9-11,13,15,17,21,23-24H,8,12,14,16,18H2,1-2H3,(H,27,28)/b7-4-/t21-,23-,24+/m0/s1. The van der Waals surface area contributed by atoms with E-state index in [-0.39, 0.29) is 30.1 Å². The molecular weight excluding hydrogens is 378 g/mol. The van der Waals surface area contributed by atoms with Crippen molar-refractivity contribution in [3.8, 4) is 0 Å². The molecule has 160 valence electrons. The second-order valence-corrected chi connectivity index (χ2v) is 8.56. The second-order valence-electron chi connectivity index (χ2n) is 8.56. The second kappa shape index (κ2) is 10.5. The van der Waals surface area contributed by atoms with Crippen molar-refractivity contribution in [2.45, 2.75) is 51.9 Å². The number of hydrogen-bond acceptors (Lipinski definition) is 4. The first-order chi connectivity index (χ1) is 14.5. The van der Waals surface area contributed by atoms with E-state index in [0.29, 0.717) is 13.0 Å². The molecule has 0 bridgehead atoms. The fourth-order valence-electron chi connectivity index (χ4n) is 3.88. The number of rotatable bonds is 9. The molecule has 1 aliphatic heterocycles. The molecule has 0 unspecified atom stereocenters. The van der Waals surface area contributed by atoms with Crippen LogP contribution >= 0.6 is 0 Å². The maximum Gasteiger partial charge on any atom is 0.303 e. The minimum Gasteiger partial charge on any atom is -0.481 e. The number of carboxylic acids is 1. The lowest BCUT2D eigenvalue weighted by atomic mass is 9.83. The van der Waals surface area contributed by atoms with Gasteiger partial charge in [-0.2, -0.15) is 0 Å². The van der Waals surface area contributed by atoms with E-state index in [2.05, 4.69) is 43.1 Å². The number of pyridine rings is 1. The van der Waals surface area contributed by atoms with Crippen LogP contribution in [0.25, 0.3) is 0 Å². The molecule has 2 heterocycles. The molecule has 3 atom stereocenters. The van der Waals surface area contributed by atoms with E-state index in [1.165, 1.54) is 5.56 Å². The third-order valence-electron chi connectivity index (χ3n) is 5.44. The van der Waals surface area contributed by atoms with Gasteiger partial charge in [0.15, 0.2) is 6.29 Å². The number of aliphatic carboxylic acids is 1. The van der Waals surface area contributed by atoms with Crippen molar-refractivity contribution in [1.82, 2.24) is 4.98 Å². The summed E-state index contributed by atoms with van der Waals surface area (Å²) < 4.78 is 12.7. The molecule has 0 spiro atoms. The van der Waals surface area contributed by atoms with Crippen LogP contribution in [0.5, 0.6) is 0 Å². The average Bonchev–Trinajstić information content (AvgIpc) is 2.74. The largest absolute Gasteiger partial charge is 0.481 e. The van der Waals surface area contributed by atoms with E-state index in [9.17, 15) is 4.79 Å². The summed E-state index contributed by atoms with van der Waals surface area (Å²) in [6, 6.07) is 14.4. The lowest BCUT2D eigenvalue weighted by molar-refractivity contribution is -0.278. The quantitative estimate of drug-likeness (QED) is 0.577. The summed E-state index contributed by atoms with van der Waals surface area (Å²) >= 11 is 0. The predicted molar refractivity (Wildman–Crippen MR) is 116 cm³/mol. The van der Waals surface area contributed by atoms with Crippen LogP contribution in [-0.2, 0) is 20.7 Å². The Balaban J connectivity index is 1.70. The van der Waals surface area contributed by atoms with Gasteiger partial charge in [-0.1, -0.05) is 62.4 Å². The van der Waals surface area contributed by atoms with E-state index in [0.717, 1.165) is 18.4 Å². The van der Waals surface area contributed by atoms with Gasteiger partial charge in [0.05, 0.1) is 12.7 Å². The van der Waals surface area contributed by atoms with E-state index >= 15 is 0 Å². The highest BCUT2D eigenvalue weighted by Gasteiger charge is 2.40. The fraction of sp³-hybridized carbons (Fsp3) is 0.440. The predicted octanol–water partition coefficient (Wildman–Crippen LogP) is 5.19. The summed E-state index contributed by atoms with van der Waals surface area (Å²) in [6.45, 7) is 4.94. The van der Waals surface area contributed by atoms with E-state index < -0.39 is 5.97 Å². The number of benzene rings is 1. The first-order valence-electron chi connectivity index (χ1n) is 10.5. The summed E-state index contributed by atoms with van der Waals surface area (Å²) in [4.78, 5) is 15.0. The van der Waals surface area contributed by atoms with Crippen molar-refractivity contribution in [2.75, 3.05) is 6.61 Å². The number of allylic oxidation sites excluding steroid dienone is 2. The van der Waals surface area contributed by atoms with Crippen LogP contribution < -0.4 is 0 Å². The molecule has 5 nitrogen and oxygen atoms in total. The normalized spacial score (nSPS) is 22.3. The van der Waals surface area contributed by atoms with Gasteiger partial charge in [0.2, 0.25) is 0 Å². The van der Waals surface area contributed by atoms with Gasteiger partial charge >= 0.3 is 5.97 Å². The molecule has 1 N–H and O–H groups in total. The van der Waals surface area contributed by atoms with Crippen LogP contribution in [0.1, 0.15) is 50.3 Å². The Morgan fingerprint density at radius 1 is 1.20 bits per heavy atom. The van der Waals surface area contributed by atoms with Crippen molar-refractivity contribution < 1.29 is 19.4 Å². The molecule has 0 saturated carbocycles. The molecular formula is C25H31NO4. The number of hydrogen-bond donors (Lipinski definition) is 1. The Kier molecular flexibility index (Phi) is 7.77. The first-order valence-corrected chi connectivity index (χ1v) is 10.5. The highest BCUT2D eigenvalue weighted by molar-refractivity contribution is 5.66. The molecule has 1 aliphatic rings. The van der Waals surface area contributed by atoms with Gasteiger partial charge in [-0.05, 0) is 36.5 Å². The van der Waals surface area contributed by atoms with E-state index in [4.69, 9.17) is 14.6 Å². The van der Waals surface area contributed by atoms with Crippen LogP contribution in [0, 0.1) is 11.3 Å². The summed E-state index contributed by atoms with van der Waals surface area (Å²) in [7, 11) is 0. The number of ether oxygens (including phenoxy) is 2. The van der Waals surface area contributed by atoms with E-state index in [1.54, 1.807) is 6.20 Å². The summed E-state index contributed by atoms with van der Waals surface area (Å²) in [5.74, 6) is -0.625. The monoisotopic (exact) mass is 409 g/mol. The summed E-state index contributed by atoms with van der Waals surface area (Å²) in [6.07, 6.45) is 9.47. The molecule has 1 saturated heterocycles. The van der Waals surface area contributed by atoms with Gasteiger partial charge in [-0.3, -0.25) is 9.78 Å². The zero-order valence-corrected chi connectivity index (χ0v) is 17.7. The average molecular weight is 410 g/mol. The Morgan fingerprint density at radius 3 is 2.70 bits per heavy atom. The smallest absolute Gasteiger partial charge is 0.303 e. The number of aromatic nitrogens is 1. The SMILES string of the molecule is CC(C)(Cc1ccccc1)[C@@H]1OC[C@H](C/C=C\CCC(=O)O)[C@H](c2cccnc2)O1. The van der Waals surface area contributed by atoms with Gasteiger partial charge in [-0.15, -0.1) is 0 Å². The van der Waals surface area contributed by atoms with Gasteiger partial charge in [0.1, 0.15) is 0 Å². The number of carbonyl (C=O) groups is 1. The van der Waals surface area contributed by atoms with Crippen LogP contribution in [0.3, 0.4) is 0 Å². The Hall–Kier alpha value is -2.50. The third kappa shape index (κ3) is 6.25. The van der Waals surface area contributed by atoms with Crippen LogP contribution in [0.15, 0.2) is 67.0 Å². The minimum absolute atomic E-state index is 0.114. The highest BCUT2D eigenvalue weighted by Crippen LogP contribution is 2.40. The maximum absolute atomic E-state index is 10.7. The molecule has 1 fully saturated rings. The van der Waals surface area contributed by atoms with Crippen LogP contribution in [0.4, 0.5) is 0 Å². The van der Waals surface area contributed by atoms with Crippen LogP contribution in [0.2, 0.25) is 0 Å². The minimum atomic E-state index is -0.777. The van der Waals surface area contributed by atoms with Crippen molar-refractivity contribution in [3.05, 3.63) is 78.1 Å². The molecule has 0 radical (unpaired) electrons. The summed E-state index contributed by atoms with van der Waals surface area (Å²) in [5.41, 5.74) is 2.12. The highest BCUT2D eigenvalue weighted by atomic mass is 16.7. The van der Waals surface area contributed by atoms with Crippen molar-refractivity contribution >= 4 is 5.97 Å². The molecule has 0 aliphatic carbocycles. The van der Waals surface area contributed by atoms with Crippen molar-refractivity contribution in [3.63, 3.8) is 0 Å². The molecule has 5 heteroatoms. The Labute approximate surface area is 178 Å². The van der Waals surface area contributed by atoms with E-state index in [1.807, 2.05) is 36.5 Å². The number of nitrogens with zero attached hydrogens (tertiary/aromatic N) is 1. The van der Waals surface area contributed by atoms with Crippen molar-refractivity contribution in [2.24, 2.45) is 11.3 Å². The number of carboxylic acid groups (broad SMARTS) is 1. The molecule has 2 aromatic rings. The summed E-state index contributed by atoms with van der Waals surface area (Å²) in [5, 5.41) is 8.78. The fourth-order valence-corrected chi connectivity index (χ4v) is 3.88. The van der Waals surface area contributed by atoms with Gasteiger partial charge < -0.3 is 14.6 Å². The van der Waals surface area contributed by atoms with Gasteiger partial charge in [0, 0.05) is 30.1 Å². The molecule has 1 aromatic heterocycles. The molecule has 30 heavy (non-hydrogen) atoms. The maximum atomic E-state index is 10.7. The Bertz CT molecular complexity index is 820.